The highest BCUT2D eigenvalue weighted by Gasteiger charge is 2.11. The summed E-state index contributed by atoms with van der Waals surface area (Å²) in [6, 6.07) is 3.72. The van der Waals surface area contributed by atoms with Gasteiger partial charge in [-0.2, -0.15) is 0 Å². The molecule has 0 saturated heterocycles. The molecule has 1 rings (SSSR count). The Labute approximate surface area is 119 Å². The van der Waals surface area contributed by atoms with Gasteiger partial charge < -0.3 is 14.8 Å². The van der Waals surface area contributed by atoms with Crippen LogP contribution in [-0.2, 0) is 11.2 Å². The summed E-state index contributed by atoms with van der Waals surface area (Å²) in [5.41, 5.74) is 1.94. The first-order chi connectivity index (χ1) is 9.12. The minimum Gasteiger partial charge on any atom is -0.493 e. The summed E-state index contributed by atoms with van der Waals surface area (Å²) in [6.45, 7) is 2.55. The van der Waals surface area contributed by atoms with E-state index in [1.165, 1.54) is 0 Å². The van der Waals surface area contributed by atoms with Crippen molar-refractivity contribution in [2.75, 3.05) is 26.6 Å². The zero-order valence-electron chi connectivity index (χ0n) is 11.6. The first-order valence-electron chi connectivity index (χ1n) is 6.16. The molecule has 0 aliphatic heterocycles. The van der Waals surface area contributed by atoms with E-state index in [1.54, 1.807) is 14.2 Å². The SMILES string of the molecule is COc1cc(C)c(CC(=O)NCCCCl)cc1OC. The molecule has 1 aromatic rings. The summed E-state index contributed by atoms with van der Waals surface area (Å²) in [6.07, 6.45) is 1.10. The highest BCUT2D eigenvalue weighted by molar-refractivity contribution is 6.17. The molecule has 0 radical (unpaired) electrons. The fraction of sp³-hybridized carbons (Fsp3) is 0.500. The number of carbonyl (C=O) groups is 1. The summed E-state index contributed by atoms with van der Waals surface area (Å²) in [4.78, 5) is 11.8. The Hall–Kier alpha value is -1.42. The third-order valence-corrected chi connectivity index (χ3v) is 3.09. The number of alkyl halides is 1. The van der Waals surface area contributed by atoms with E-state index in [9.17, 15) is 4.79 Å². The van der Waals surface area contributed by atoms with E-state index in [0.29, 0.717) is 30.3 Å². The molecule has 0 aromatic heterocycles. The van der Waals surface area contributed by atoms with Crippen molar-refractivity contribution in [3.63, 3.8) is 0 Å². The summed E-state index contributed by atoms with van der Waals surface area (Å²) in [5, 5.41) is 2.83. The van der Waals surface area contributed by atoms with Crippen molar-refractivity contribution in [1.29, 1.82) is 0 Å². The third kappa shape index (κ3) is 4.63. The molecule has 1 N–H and O–H groups in total. The van der Waals surface area contributed by atoms with Crippen molar-refractivity contribution in [2.24, 2.45) is 0 Å². The number of benzene rings is 1. The number of ether oxygens (including phenoxy) is 2. The molecule has 0 saturated carbocycles. The number of hydrogen-bond acceptors (Lipinski definition) is 3. The molecule has 0 fully saturated rings. The monoisotopic (exact) mass is 285 g/mol. The predicted molar refractivity (Wildman–Crippen MR) is 76.3 cm³/mol. The van der Waals surface area contributed by atoms with Gasteiger partial charge in [0.2, 0.25) is 5.91 Å². The number of hydrogen-bond donors (Lipinski definition) is 1. The summed E-state index contributed by atoms with van der Waals surface area (Å²) in [5.74, 6) is 1.85. The van der Waals surface area contributed by atoms with E-state index in [1.807, 2.05) is 19.1 Å². The largest absolute Gasteiger partial charge is 0.493 e. The van der Waals surface area contributed by atoms with Gasteiger partial charge in [-0.25, -0.2) is 0 Å². The maximum absolute atomic E-state index is 11.8. The predicted octanol–water partition coefficient (Wildman–Crippen LogP) is 2.30. The Kier molecular flexibility index (Phi) is 6.50. The molecule has 5 heteroatoms. The Morgan fingerprint density at radius 3 is 2.47 bits per heavy atom. The molecular formula is C14H20ClNO3. The van der Waals surface area contributed by atoms with Gasteiger partial charge in [-0.1, -0.05) is 0 Å². The quantitative estimate of drug-likeness (QED) is 0.618. The van der Waals surface area contributed by atoms with Crippen LogP contribution in [-0.4, -0.2) is 32.6 Å². The minimum atomic E-state index is -0.0135. The Morgan fingerprint density at radius 1 is 1.26 bits per heavy atom. The molecule has 0 atom stereocenters. The van der Waals surface area contributed by atoms with Crippen LogP contribution in [0.15, 0.2) is 12.1 Å². The maximum Gasteiger partial charge on any atom is 0.224 e. The van der Waals surface area contributed by atoms with Crippen molar-refractivity contribution in [3.8, 4) is 11.5 Å². The van der Waals surface area contributed by atoms with Crippen LogP contribution in [0.25, 0.3) is 0 Å². The van der Waals surface area contributed by atoms with Crippen LogP contribution in [0.3, 0.4) is 0 Å². The second-order valence-electron chi connectivity index (χ2n) is 4.20. The number of amides is 1. The first-order valence-corrected chi connectivity index (χ1v) is 6.70. The van der Waals surface area contributed by atoms with E-state index in [0.717, 1.165) is 17.5 Å². The molecule has 0 spiro atoms. The molecule has 106 valence electrons. The highest BCUT2D eigenvalue weighted by atomic mass is 35.5. The van der Waals surface area contributed by atoms with Gasteiger partial charge in [0.25, 0.3) is 0 Å². The number of carbonyl (C=O) groups excluding carboxylic acids is 1. The maximum atomic E-state index is 11.8. The lowest BCUT2D eigenvalue weighted by Crippen LogP contribution is -2.26. The van der Waals surface area contributed by atoms with E-state index < -0.39 is 0 Å². The van der Waals surface area contributed by atoms with Gasteiger partial charge in [-0.15, -0.1) is 11.6 Å². The molecule has 4 nitrogen and oxygen atoms in total. The third-order valence-electron chi connectivity index (χ3n) is 2.83. The smallest absolute Gasteiger partial charge is 0.224 e. The Balaban J connectivity index is 2.75. The molecule has 0 unspecified atom stereocenters. The van der Waals surface area contributed by atoms with E-state index in [4.69, 9.17) is 21.1 Å². The van der Waals surface area contributed by atoms with Gasteiger partial charge >= 0.3 is 0 Å². The fourth-order valence-electron chi connectivity index (χ4n) is 1.74. The minimum absolute atomic E-state index is 0.0135. The molecule has 1 aromatic carbocycles. The van der Waals surface area contributed by atoms with Gasteiger partial charge in [0.1, 0.15) is 0 Å². The second kappa shape index (κ2) is 7.89. The van der Waals surface area contributed by atoms with Gasteiger partial charge in [-0.3, -0.25) is 4.79 Å². The molecule has 0 aliphatic carbocycles. The van der Waals surface area contributed by atoms with Crippen LogP contribution in [0.4, 0.5) is 0 Å². The molecule has 19 heavy (non-hydrogen) atoms. The molecule has 0 bridgehead atoms. The molecule has 0 heterocycles. The van der Waals surface area contributed by atoms with Gasteiger partial charge in [-0.05, 0) is 36.6 Å². The molecule has 0 aliphatic rings. The molecular weight excluding hydrogens is 266 g/mol. The zero-order valence-corrected chi connectivity index (χ0v) is 12.3. The first kappa shape index (κ1) is 15.6. The standard InChI is InChI=1S/C14H20ClNO3/c1-10-7-12(18-2)13(19-3)8-11(10)9-14(17)16-6-4-5-15/h7-8H,4-6,9H2,1-3H3,(H,16,17). The van der Waals surface area contributed by atoms with E-state index in [2.05, 4.69) is 5.32 Å². The van der Waals surface area contributed by atoms with Crippen LogP contribution in [0.2, 0.25) is 0 Å². The van der Waals surface area contributed by atoms with Crippen molar-refractivity contribution < 1.29 is 14.3 Å². The summed E-state index contributed by atoms with van der Waals surface area (Å²) < 4.78 is 10.5. The zero-order chi connectivity index (χ0) is 14.3. The van der Waals surface area contributed by atoms with Crippen LogP contribution in [0.5, 0.6) is 11.5 Å². The van der Waals surface area contributed by atoms with Crippen LogP contribution in [0.1, 0.15) is 17.5 Å². The van der Waals surface area contributed by atoms with E-state index >= 15 is 0 Å². The van der Waals surface area contributed by atoms with Crippen molar-refractivity contribution in [3.05, 3.63) is 23.3 Å². The van der Waals surface area contributed by atoms with Crippen LogP contribution in [0, 0.1) is 6.92 Å². The summed E-state index contributed by atoms with van der Waals surface area (Å²) in [7, 11) is 3.17. The average molecular weight is 286 g/mol. The van der Waals surface area contributed by atoms with Gasteiger partial charge in [0, 0.05) is 12.4 Å². The number of halogens is 1. The number of rotatable bonds is 7. The average Bonchev–Trinajstić information content (AvgIpc) is 2.40. The lowest BCUT2D eigenvalue weighted by Gasteiger charge is -2.12. The highest BCUT2D eigenvalue weighted by Crippen LogP contribution is 2.30. The topological polar surface area (TPSA) is 47.6 Å². The Bertz CT molecular complexity index is 435. The number of methoxy groups -OCH3 is 2. The fourth-order valence-corrected chi connectivity index (χ4v) is 1.88. The summed E-state index contributed by atoms with van der Waals surface area (Å²) >= 11 is 5.56. The number of nitrogens with one attached hydrogen (secondary N) is 1. The van der Waals surface area contributed by atoms with Gasteiger partial charge in [0.05, 0.1) is 20.6 Å². The number of aryl methyl sites for hydroxylation is 1. The lowest BCUT2D eigenvalue weighted by atomic mass is 10.0. The lowest BCUT2D eigenvalue weighted by molar-refractivity contribution is -0.120. The van der Waals surface area contributed by atoms with Crippen LogP contribution < -0.4 is 14.8 Å². The van der Waals surface area contributed by atoms with Gasteiger partial charge in [0.15, 0.2) is 11.5 Å². The van der Waals surface area contributed by atoms with Crippen molar-refractivity contribution in [2.45, 2.75) is 19.8 Å². The van der Waals surface area contributed by atoms with Crippen molar-refractivity contribution >= 4 is 17.5 Å². The second-order valence-corrected chi connectivity index (χ2v) is 4.58. The molecule has 1 amide bonds. The Morgan fingerprint density at radius 2 is 1.89 bits per heavy atom. The normalized spacial score (nSPS) is 10.1. The van der Waals surface area contributed by atoms with E-state index in [-0.39, 0.29) is 5.91 Å². The van der Waals surface area contributed by atoms with Crippen LogP contribution >= 0.6 is 11.6 Å². The van der Waals surface area contributed by atoms with Crippen molar-refractivity contribution in [1.82, 2.24) is 5.32 Å².